The van der Waals surface area contributed by atoms with Crippen molar-refractivity contribution in [3.05, 3.63) is 36.7 Å². The second-order valence-electron chi connectivity index (χ2n) is 28.7. The molecule has 4 aromatic heterocycles. The fourth-order valence-corrected chi connectivity index (χ4v) is 15.1. The first-order valence-corrected chi connectivity index (χ1v) is 42.4. The van der Waals surface area contributed by atoms with Crippen LogP contribution in [-0.2, 0) is 92.0 Å². The van der Waals surface area contributed by atoms with Crippen LogP contribution in [0.3, 0.4) is 0 Å². The smallest absolute Gasteiger partial charge is 0.386 e. The standard InChI is InChI=1S/C18H34O4.C17H32O3.C12H19N4O13P3.C12H19N4O12P3/c1-17(2,3)12-8-10-14(19)9-7-11-15(20)16(21)18(4,5)13-22-6;1-7-17(5,6)15(20)14(19)10-8-9-13(18)11-12-16(2,3)4;1-6-8-11(14-4-13-6)16(5-15-8)12-9(17)10(28-30(18,19)20)7(27-12)3-26-32(23,24)29-31(21,22)25-2;1-6-8-11(14-4-13-6)16(5-15-8)12-9(17)10(27-30(20,21)22)7(26-12)3-25-31(23,24)28-29(2,18)19/h16,21H,7-13H2,1-6H3;15,20H,7-12H2,1-6H3;4-5,7,9-10,12,17H,3H2,1-2H3,(H,21,22)(H,23,24)(H2,18,19,20);4-5,7,9-10,12,17H,3H2,1-2H3,(H,18,19)(H,23,24)(H2,20,21,22). The summed E-state index contributed by atoms with van der Waals surface area (Å²) >= 11 is 0. The molecular weight excluding hydrogens is 1520 g/mol. The molecular formula is C59H104N8O32P6. The zero-order valence-electron chi connectivity index (χ0n) is 61.5. The number of methoxy groups -OCH3 is 1. The Kier molecular flexibility index (Phi) is 36.3. The summed E-state index contributed by atoms with van der Waals surface area (Å²) in [6.45, 7) is 24.7. The number of aliphatic hydroxyl groups is 4. The molecule has 2 saturated heterocycles. The Balaban J connectivity index is 0.000000371. The van der Waals surface area contributed by atoms with Crippen LogP contribution in [0.2, 0.25) is 0 Å². The number of rotatable bonds is 37. The minimum Gasteiger partial charge on any atom is -0.386 e. The number of phosphoric acid groups is 5. The van der Waals surface area contributed by atoms with E-state index in [0.29, 0.717) is 80.6 Å². The molecule has 6 heterocycles. The Morgan fingerprint density at radius 2 is 0.914 bits per heavy atom. The first kappa shape index (κ1) is 95.5. The largest absolute Gasteiger partial charge is 0.481 e. The van der Waals surface area contributed by atoms with E-state index in [4.69, 9.17) is 33.8 Å². The molecule has 6 rings (SSSR count). The number of aliphatic hydroxyl groups excluding tert-OH is 4. The summed E-state index contributed by atoms with van der Waals surface area (Å²) in [6, 6.07) is 0. The van der Waals surface area contributed by atoms with Crippen LogP contribution < -0.4 is 0 Å². The third-order valence-corrected chi connectivity index (χ3v) is 22.2. The minimum absolute atomic E-state index is 0.138. The molecule has 0 bridgehead atoms. The van der Waals surface area contributed by atoms with Gasteiger partial charge in [-0.3, -0.25) is 55.5 Å². The molecule has 0 radical (unpaired) electrons. The predicted molar refractivity (Wildman–Crippen MR) is 372 cm³/mol. The second kappa shape index (κ2) is 40.0. The summed E-state index contributed by atoms with van der Waals surface area (Å²) < 4.78 is 118. The topological polar surface area (TPSA) is 593 Å². The van der Waals surface area contributed by atoms with Gasteiger partial charge in [-0.05, 0) is 68.6 Å². The van der Waals surface area contributed by atoms with E-state index >= 15 is 0 Å². The fraction of sp³-hybridized carbons (Fsp3) is 0.763. The Labute approximate surface area is 607 Å². The molecule has 0 amide bonds. The first-order valence-electron chi connectivity index (χ1n) is 32.8. The Morgan fingerprint density at radius 3 is 1.28 bits per heavy atom. The lowest BCUT2D eigenvalue weighted by Crippen LogP contribution is -2.39. The van der Waals surface area contributed by atoms with Crippen LogP contribution in [0.15, 0.2) is 25.3 Å². The van der Waals surface area contributed by atoms with E-state index in [2.05, 4.69) is 103 Å². The molecule has 2 fully saturated rings. The molecule has 0 spiro atoms. The van der Waals surface area contributed by atoms with Gasteiger partial charge in [0, 0.05) is 64.8 Å². The number of carbonyl (C=O) groups is 4. The van der Waals surface area contributed by atoms with E-state index in [9.17, 15) is 86.6 Å². The van der Waals surface area contributed by atoms with E-state index in [1.807, 2.05) is 20.8 Å². The predicted octanol–water partition coefficient (Wildman–Crippen LogP) is 7.03. The second-order valence-corrected chi connectivity index (χ2v) is 37.7. The van der Waals surface area contributed by atoms with Crippen molar-refractivity contribution in [2.24, 2.45) is 21.7 Å². The van der Waals surface area contributed by atoms with Crippen LogP contribution in [0.5, 0.6) is 0 Å². The van der Waals surface area contributed by atoms with Crippen LogP contribution in [0.4, 0.5) is 0 Å². The number of carbonyl (C=O) groups excluding carboxylic acids is 4. The normalized spacial score (nSPS) is 22.6. The number of nitrogens with zero attached hydrogens (tertiary/aromatic N) is 8. The molecule has 2 aliphatic heterocycles. The molecule has 0 saturated carbocycles. The van der Waals surface area contributed by atoms with Crippen molar-refractivity contribution in [2.75, 3.05) is 40.7 Å². The zero-order chi connectivity index (χ0) is 80.5. The van der Waals surface area contributed by atoms with E-state index < -0.39 is 127 Å². The number of Topliss-reactive ketones (excluding diaryl/α,β-unsaturated/α-hetero) is 4. The van der Waals surface area contributed by atoms with Gasteiger partial charge in [-0.2, -0.15) is 4.31 Å². The van der Waals surface area contributed by atoms with Gasteiger partial charge in [-0.1, -0.05) is 76.2 Å². The van der Waals surface area contributed by atoms with Crippen LogP contribution in [0.25, 0.3) is 22.3 Å². The molecule has 2 aliphatic rings. The van der Waals surface area contributed by atoms with Gasteiger partial charge in [0.1, 0.15) is 84.1 Å². The number of ketones is 4. The van der Waals surface area contributed by atoms with Crippen molar-refractivity contribution in [2.45, 2.75) is 228 Å². The van der Waals surface area contributed by atoms with Gasteiger partial charge in [0.15, 0.2) is 35.3 Å². The highest BCUT2D eigenvalue weighted by molar-refractivity contribution is 7.63. The molecule has 46 heteroatoms. The van der Waals surface area contributed by atoms with Gasteiger partial charge in [0.05, 0.1) is 43.9 Å². The fourth-order valence-electron chi connectivity index (χ4n) is 10.1. The van der Waals surface area contributed by atoms with Gasteiger partial charge >= 0.3 is 46.7 Å². The van der Waals surface area contributed by atoms with Gasteiger partial charge in [0.25, 0.3) is 0 Å². The van der Waals surface area contributed by atoms with E-state index in [-0.39, 0.29) is 57.1 Å². The molecule has 602 valence electrons. The van der Waals surface area contributed by atoms with Crippen molar-refractivity contribution in [1.82, 2.24) is 39.0 Å². The number of hydrogen-bond acceptors (Lipinski definition) is 30. The lowest BCUT2D eigenvalue weighted by molar-refractivity contribution is -0.135. The zero-order valence-corrected chi connectivity index (χ0v) is 66.8. The maximum atomic E-state index is 12.0. The monoisotopic (exact) mass is 1620 g/mol. The number of aromatic nitrogens is 8. The van der Waals surface area contributed by atoms with Crippen LogP contribution in [0, 0.1) is 35.5 Å². The van der Waals surface area contributed by atoms with Gasteiger partial charge in [0.2, 0.25) is 0 Å². The van der Waals surface area contributed by atoms with Crippen molar-refractivity contribution < 1.29 is 152 Å². The van der Waals surface area contributed by atoms with Gasteiger partial charge in [-0.25, -0.2) is 57.0 Å². The SMILES string of the molecule is CCC(C)(C)C(O)C(=O)CCCC(=O)CCC(C)(C)C.COCC(C)(C)C(O)C(=O)CCCC(=O)CCCC(C)(C)C.COP(=O)(O)OP(=O)(O)OCC1OC(n2cnc3c(C)ncnc32)C(O)C1OP(=O)(O)O.Cc1ncnc2c1ncn2C1OC(COP(=O)(O)OP(C)(=O)O)C(OP(=O)(O)O)C1O. The molecule has 0 aromatic carbocycles. The number of imidazole rings is 2. The molecule has 12 N–H and O–H groups in total. The van der Waals surface area contributed by atoms with Crippen LogP contribution in [-0.4, -0.2) is 211 Å². The van der Waals surface area contributed by atoms with Gasteiger partial charge < -0.3 is 73.8 Å². The maximum absolute atomic E-state index is 12.0. The van der Waals surface area contributed by atoms with Crippen molar-refractivity contribution >= 4 is 92.2 Å². The highest BCUT2D eigenvalue weighted by Crippen LogP contribution is 2.61. The molecule has 40 nitrogen and oxygen atoms in total. The average Bonchev–Trinajstić information content (AvgIpc) is 1.62. The van der Waals surface area contributed by atoms with Gasteiger partial charge in [-0.15, -0.1) is 0 Å². The summed E-state index contributed by atoms with van der Waals surface area (Å²) in [6.07, 6.45) is -2.46. The Hall–Kier alpha value is -3.72. The van der Waals surface area contributed by atoms with Crippen molar-refractivity contribution in [3.63, 3.8) is 0 Å². The number of fused-ring (bicyclic) bond motifs is 2. The Morgan fingerprint density at radius 1 is 0.533 bits per heavy atom. The molecule has 105 heavy (non-hydrogen) atoms. The minimum atomic E-state index is -5.20. The number of hydrogen-bond donors (Lipinski definition) is 12. The van der Waals surface area contributed by atoms with E-state index in [1.54, 1.807) is 34.8 Å². The number of ether oxygens (including phenoxy) is 3. The average molecular weight is 1620 g/mol. The molecule has 4 aromatic rings. The summed E-state index contributed by atoms with van der Waals surface area (Å²) in [5.74, 6) is 0.0877. The third kappa shape index (κ3) is 33.0. The summed E-state index contributed by atoms with van der Waals surface area (Å²) in [5.41, 5.74) is 1.67. The van der Waals surface area contributed by atoms with Crippen LogP contribution in [0.1, 0.15) is 177 Å². The highest BCUT2D eigenvalue weighted by atomic mass is 31.3. The lowest BCUT2D eigenvalue weighted by Gasteiger charge is -2.28. The van der Waals surface area contributed by atoms with Crippen molar-refractivity contribution in [3.8, 4) is 0 Å². The summed E-state index contributed by atoms with van der Waals surface area (Å²) in [7, 11) is -27.6. The molecule has 0 aliphatic carbocycles. The summed E-state index contributed by atoms with van der Waals surface area (Å²) in [4.78, 5) is 146. The Bertz CT molecular complexity index is 3810. The number of aryl methyl sites for hydroxylation is 2. The number of phosphoric ester groups is 5. The van der Waals surface area contributed by atoms with E-state index in [0.717, 1.165) is 32.8 Å². The van der Waals surface area contributed by atoms with Crippen LogP contribution >= 0.6 is 46.7 Å². The summed E-state index contributed by atoms with van der Waals surface area (Å²) in [5, 5.41) is 41.3. The third-order valence-electron chi connectivity index (χ3n) is 16.1. The molecule has 14 atom stereocenters. The highest BCUT2D eigenvalue weighted by Gasteiger charge is 2.52. The van der Waals surface area contributed by atoms with E-state index in [1.165, 1.54) is 34.4 Å². The van der Waals surface area contributed by atoms with Crippen molar-refractivity contribution in [1.29, 1.82) is 0 Å². The maximum Gasteiger partial charge on any atom is 0.481 e. The first-order chi connectivity index (χ1) is 47.9. The lowest BCUT2D eigenvalue weighted by atomic mass is 9.81. The quantitative estimate of drug-likeness (QED) is 0.0201. The molecule has 14 unspecified atom stereocenters.